The topological polar surface area (TPSA) is 71.2 Å². The zero-order valence-electron chi connectivity index (χ0n) is 13.2. The third kappa shape index (κ3) is 2.66. The molecule has 6 heteroatoms. The van der Waals surface area contributed by atoms with Crippen LogP contribution in [0.15, 0.2) is 29.1 Å². The minimum atomic E-state index is -0.459. The van der Waals surface area contributed by atoms with E-state index in [1.807, 2.05) is 23.1 Å². The SMILES string of the molecule is COn1c(C)nc(N2CCc3ccccc3CC2)c(C#N)c1=O. The number of anilines is 1. The van der Waals surface area contributed by atoms with E-state index < -0.39 is 5.56 Å². The van der Waals surface area contributed by atoms with E-state index in [2.05, 4.69) is 17.1 Å². The average molecular weight is 310 g/mol. The maximum absolute atomic E-state index is 12.4. The summed E-state index contributed by atoms with van der Waals surface area (Å²) >= 11 is 0. The van der Waals surface area contributed by atoms with Crippen molar-refractivity contribution in [2.24, 2.45) is 0 Å². The smallest absolute Gasteiger partial charge is 0.306 e. The Morgan fingerprint density at radius 1 is 1.22 bits per heavy atom. The first-order chi connectivity index (χ1) is 11.2. The van der Waals surface area contributed by atoms with Gasteiger partial charge in [-0.15, -0.1) is 4.73 Å². The van der Waals surface area contributed by atoms with Gasteiger partial charge >= 0.3 is 5.56 Å². The molecule has 0 bridgehead atoms. The molecule has 0 atom stereocenters. The summed E-state index contributed by atoms with van der Waals surface area (Å²) in [7, 11) is 1.39. The summed E-state index contributed by atoms with van der Waals surface area (Å²) in [5.41, 5.74) is 2.20. The number of fused-ring (bicyclic) bond motifs is 1. The molecule has 0 saturated carbocycles. The highest BCUT2D eigenvalue weighted by molar-refractivity contribution is 5.53. The minimum absolute atomic E-state index is 0.0309. The minimum Gasteiger partial charge on any atom is -0.412 e. The number of benzene rings is 1. The Bertz CT molecular complexity index is 808. The molecule has 1 aromatic carbocycles. The monoisotopic (exact) mass is 310 g/mol. The van der Waals surface area contributed by atoms with E-state index in [1.165, 1.54) is 18.2 Å². The first-order valence-corrected chi connectivity index (χ1v) is 7.55. The molecule has 118 valence electrons. The molecule has 0 radical (unpaired) electrons. The quantitative estimate of drug-likeness (QED) is 0.830. The van der Waals surface area contributed by atoms with E-state index in [9.17, 15) is 10.1 Å². The van der Waals surface area contributed by atoms with Crippen LogP contribution in [0.2, 0.25) is 0 Å². The number of rotatable bonds is 2. The van der Waals surface area contributed by atoms with Crippen molar-refractivity contribution in [3.63, 3.8) is 0 Å². The van der Waals surface area contributed by atoms with Crippen LogP contribution in [0.1, 0.15) is 22.5 Å². The van der Waals surface area contributed by atoms with E-state index in [4.69, 9.17) is 4.84 Å². The molecule has 1 aromatic heterocycles. The molecular weight excluding hydrogens is 292 g/mol. The van der Waals surface area contributed by atoms with Gasteiger partial charge in [0.1, 0.15) is 19.0 Å². The number of hydrogen-bond donors (Lipinski definition) is 0. The summed E-state index contributed by atoms with van der Waals surface area (Å²) < 4.78 is 1.05. The van der Waals surface area contributed by atoms with Gasteiger partial charge in [0.05, 0.1) is 0 Å². The molecule has 1 aliphatic rings. The normalized spacial score (nSPS) is 13.9. The highest BCUT2D eigenvalue weighted by atomic mass is 16.7. The Hall–Kier alpha value is -2.81. The predicted octanol–water partition coefficient (Wildman–Crippen LogP) is 1.09. The molecule has 1 aliphatic heterocycles. The van der Waals surface area contributed by atoms with Crippen molar-refractivity contribution in [3.8, 4) is 6.07 Å². The van der Waals surface area contributed by atoms with Gasteiger partial charge in [0.25, 0.3) is 0 Å². The van der Waals surface area contributed by atoms with Crippen molar-refractivity contribution in [3.05, 3.63) is 57.1 Å². The second-order valence-corrected chi connectivity index (χ2v) is 5.51. The summed E-state index contributed by atoms with van der Waals surface area (Å²) in [5, 5.41) is 9.40. The average Bonchev–Trinajstić information content (AvgIpc) is 2.77. The molecule has 23 heavy (non-hydrogen) atoms. The fourth-order valence-corrected chi connectivity index (χ4v) is 3.02. The van der Waals surface area contributed by atoms with Gasteiger partial charge in [0.15, 0.2) is 11.4 Å². The van der Waals surface area contributed by atoms with Crippen LogP contribution in [0, 0.1) is 18.3 Å². The summed E-state index contributed by atoms with van der Waals surface area (Å²) in [4.78, 5) is 23.8. The maximum Gasteiger partial charge on any atom is 0.306 e. The molecule has 6 nitrogen and oxygen atoms in total. The summed E-state index contributed by atoms with van der Waals surface area (Å²) in [6, 6.07) is 10.3. The fraction of sp³-hybridized carbons (Fsp3) is 0.353. The molecule has 0 N–H and O–H groups in total. The first kappa shape index (κ1) is 15.1. The molecule has 2 aromatic rings. The number of aryl methyl sites for hydroxylation is 1. The van der Waals surface area contributed by atoms with Gasteiger partial charge in [-0.25, -0.2) is 4.98 Å². The number of nitrogens with zero attached hydrogens (tertiary/aromatic N) is 4. The van der Waals surface area contributed by atoms with E-state index in [-0.39, 0.29) is 5.56 Å². The first-order valence-electron chi connectivity index (χ1n) is 7.55. The molecule has 2 heterocycles. The van der Waals surface area contributed by atoms with Crippen LogP contribution in [0.3, 0.4) is 0 Å². The number of hydrogen-bond acceptors (Lipinski definition) is 5. The lowest BCUT2D eigenvalue weighted by atomic mass is 10.0. The lowest BCUT2D eigenvalue weighted by Crippen LogP contribution is -2.35. The molecule has 3 rings (SSSR count). The van der Waals surface area contributed by atoms with Gasteiger partial charge in [-0.1, -0.05) is 24.3 Å². The Morgan fingerprint density at radius 3 is 2.35 bits per heavy atom. The lowest BCUT2D eigenvalue weighted by Gasteiger charge is -2.23. The molecule has 0 spiro atoms. The predicted molar refractivity (Wildman–Crippen MR) is 86.5 cm³/mol. The van der Waals surface area contributed by atoms with Gasteiger partial charge < -0.3 is 9.74 Å². The van der Waals surface area contributed by atoms with Crippen LogP contribution >= 0.6 is 0 Å². The van der Waals surface area contributed by atoms with Crippen LogP contribution in [0.4, 0.5) is 5.82 Å². The Kier molecular flexibility index (Phi) is 4.02. The largest absolute Gasteiger partial charge is 0.412 e. The molecular formula is C17H18N4O2. The van der Waals surface area contributed by atoms with Crippen molar-refractivity contribution in [2.75, 3.05) is 25.1 Å². The zero-order chi connectivity index (χ0) is 16.4. The van der Waals surface area contributed by atoms with E-state index in [1.54, 1.807) is 6.92 Å². The Balaban J connectivity index is 2.00. The van der Waals surface area contributed by atoms with Crippen LogP contribution < -0.4 is 15.3 Å². The Morgan fingerprint density at radius 2 is 1.83 bits per heavy atom. The second-order valence-electron chi connectivity index (χ2n) is 5.51. The van der Waals surface area contributed by atoms with Gasteiger partial charge in [-0.2, -0.15) is 5.26 Å². The van der Waals surface area contributed by atoms with Crippen molar-refractivity contribution in [1.82, 2.24) is 9.71 Å². The van der Waals surface area contributed by atoms with Crippen molar-refractivity contribution < 1.29 is 4.84 Å². The number of nitriles is 1. The van der Waals surface area contributed by atoms with Gasteiger partial charge in [-0.3, -0.25) is 4.79 Å². The second kappa shape index (κ2) is 6.13. The van der Waals surface area contributed by atoms with Crippen LogP contribution in [0.5, 0.6) is 0 Å². The summed E-state index contributed by atoms with van der Waals surface area (Å²) in [5.74, 6) is 0.893. The highest BCUT2D eigenvalue weighted by Crippen LogP contribution is 2.21. The van der Waals surface area contributed by atoms with Crippen LogP contribution in [-0.4, -0.2) is 29.9 Å². The summed E-state index contributed by atoms with van der Waals surface area (Å²) in [6.45, 7) is 3.16. The van der Waals surface area contributed by atoms with Crippen molar-refractivity contribution in [2.45, 2.75) is 19.8 Å². The molecule has 0 amide bonds. The molecule has 0 saturated heterocycles. The van der Waals surface area contributed by atoms with E-state index >= 15 is 0 Å². The molecule has 0 unspecified atom stereocenters. The maximum atomic E-state index is 12.4. The van der Waals surface area contributed by atoms with Gasteiger partial charge in [-0.05, 0) is 30.9 Å². The fourth-order valence-electron chi connectivity index (χ4n) is 3.02. The zero-order valence-corrected chi connectivity index (χ0v) is 13.2. The molecule has 0 fully saturated rings. The lowest BCUT2D eigenvalue weighted by molar-refractivity contribution is 0.147. The van der Waals surface area contributed by atoms with E-state index in [0.29, 0.717) is 11.6 Å². The summed E-state index contributed by atoms with van der Waals surface area (Å²) in [6.07, 6.45) is 1.74. The highest BCUT2D eigenvalue weighted by Gasteiger charge is 2.22. The van der Waals surface area contributed by atoms with Gasteiger partial charge in [0, 0.05) is 13.1 Å². The molecule has 0 aliphatic carbocycles. The standard InChI is InChI=1S/C17H18N4O2/c1-12-19-16(15(11-18)17(22)21(12)23-2)20-9-7-13-5-3-4-6-14(13)8-10-20/h3-6H,7-10H2,1-2H3. The van der Waals surface area contributed by atoms with Crippen LogP contribution in [0.25, 0.3) is 0 Å². The Labute approximate surface area is 134 Å². The van der Waals surface area contributed by atoms with Gasteiger partial charge in [0.2, 0.25) is 0 Å². The van der Waals surface area contributed by atoms with E-state index in [0.717, 1.165) is 30.7 Å². The third-order valence-corrected chi connectivity index (χ3v) is 4.20. The van der Waals surface area contributed by atoms with Crippen LogP contribution in [-0.2, 0) is 12.8 Å². The third-order valence-electron chi connectivity index (χ3n) is 4.20. The van der Waals surface area contributed by atoms with Crippen molar-refractivity contribution >= 4 is 5.82 Å². The number of aromatic nitrogens is 2. The van der Waals surface area contributed by atoms with Crippen molar-refractivity contribution in [1.29, 1.82) is 5.26 Å².